The molecule has 8 heteroatoms. The minimum atomic E-state index is -4.50. The zero-order chi connectivity index (χ0) is 24.2. The fourth-order valence-corrected chi connectivity index (χ4v) is 5.87. The van der Waals surface area contributed by atoms with Crippen LogP contribution >= 0.6 is 21.0 Å². The first kappa shape index (κ1) is 24.3. The van der Waals surface area contributed by atoms with Gasteiger partial charge in [-0.1, -0.05) is 0 Å². The Kier molecular flexibility index (Phi) is 7.55. The van der Waals surface area contributed by atoms with Crippen LogP contribution in [-0.2, 0) is 25.7 Å². The van der Waals surface area contributed by atoms with E-state index in [1.807, 2.05) is 6.07 Å². The quantitative estimate of drug-likeness (QED) is 0.195. The molecule has 0 radical (unpaired) electrons. The summed E-state index contributed by atoms with van der Waals surface area (Å²) in [6, 6.07) is 14.7. The number of aryl methyl sites for hydroxylation is 4. The molecule has 4 aliphatic carbocycles. The number of esters is 1. The Balaban J connectivity index is 1.76. The average Bonchev–Trinajstić information content (AvgIpc) is 2.84. The third kappa shape index (κ3) is 4.96. The number of halogens is 3. The van der Waals surface area contributed by atoms with Crippen molar-refractivity contribution in [2.24, 2.45) is 0 Å². The van der Waals surface area contributed by atoms with Crippen LogP contribution in [0.25, 0.3) is 0 Å². The molecule has 0 aromatic heterocycles. The third-order valence-electron chi connectivity index (χ3n) is 5.89. The van der Waals surface area contributed by atoms with E-state index in [0.29, 0.717) is 42.6 Å². The van der Waals surface area contributed by atoms with Gasteiger partial charge in [-0.15, -0.1) is 0 Å². The summed E-state index contributed by atoms with van der Waals surface area (Å²) in [7, 11) is 4.33. The number of ether oxygens (including phenoxy) is 4. The van der Waals surface area contributed by atoms with E-state index in [-0.39, 0.29) is 26.4 Å². The normalized spacial score (nSPS) is 13.0. The van der Waals surface area contributed by atoms with E-state index in [1.165, 1.54) is 33.5 Å². The van der Waals surface area contributed by atoms with E-state index in [0.717, 1.165) is 11.1 Å². The van der Waals surface area contributed by atoms with Crippen molar-refractivity contribution in [3.8, 4) is 23.0 Å². The van der Waals surface area contributed by atoms with E-state index < -0.39 is 26.9 Å². The van der Waals surface area contributed by atoms with Gasteiger partial charge < -0.3 is 0 Å². The molecular formula is C26H25F2IO5. The summed E-state index contributed by atoms with van der Waals surface area (Å²) in [4.78, 5) is 13.2. The number of benzene rings is 3. The molecule has 4 aliphatic rings. The van der Waals surface area contributed by atoms with Crippen molar-refractivity contribution >= 4 is 26.9 Å². The summed E-state index contributed by atoms with van der Waals surface area (Å²) in [5.74, 6) is 0.120. The van der Waals surface area contributed by atoms with Crippen molar-refractivity contribution in [2.45, 2.75) is 25.7 Å². The molecule has 3 aromatic carbocycles. The Labute approximate surface area is 205 Å². The summed E-state index contributed by atoms with van der Waals surface area (Å²) in [6.45, 7) is 0. The van der Waals surface area contributed by atoms with E-state index in [2.05, 4.69) is 24.3 Å². The van der Waals surface area contributed by atoms with Crippen LogP contribution in [-0.4, -0.2) is 27.3 Å². The molecule has 0 heterocycles. The van der Waals surface area contributed by atoms with Gasteiger partial charge in [-0.2, -0.15) is 0 Å². The zero-order valence-electron chi connectivity index (χ0n) is 19.1. The number of carbonyl (C=O) groups is 1. The van der Waals surface area contributed by atoms with Gasteiger partial charge in [0.2, 0.25) is 0 Å². The van der Waals surface area contributed by atoms with Crippen molar-refractivity contribution < 1.29 is 29.5 Å². The molecule has 7 rings (SSSR count). The zero-order valence-corrected chi connectivity index (χ0v) is 21.3. The van der Waals surface area contributed by atoms with Gasteiger partial charge >= 0.3 is 206 Å². The molecule has 0 amide bonds. The second kappa shape index (κ2) is 10.6. The van der Waals surface area contributed by atoms with Gasteiger partial charge in [-0.3, -0.25) is 0 Å². The van der Waals surface area contributed by atoms with Crippen molar-refractivity contribution in [3.05, 3.63) is 79.9 Å². The molecule has 0 atom stereocenters. The monoisotopic (exact) mass is 582 g/mol. The van der Waals surface area contributed by atoms with E-state index in [1.54, 1.807) is 6.07 Å². The van der Waals surface area contributed by atoms with Gasteiger partial charge in [-0.25, -0.2) is 0 Å². The molecule has 5 nitrogen and oxygen atoms in total. The van der Waals surface area contributed by atoms with Crippen LogP contribution in [0.1, 0.15) is 32.6 Å². The maximum atomic E-state index is 14.5. The first-order chi connectivity index (χ1) is 16.4. The Morgan fingerprint density at radius 2 is 1.26 bits per heavy atom. The predicted molar refractivity (Wildman–Crippen MR) is 134 cm³/mol. The number of methoxy groups -OCH3 is 3. The maximum absolute atomic E-state index is 14.5. The molecule has 0 saturated carbocycles. The summed E-state index contributed by atoms with van der Waals surface area (Å²) < 4.78 is 50.5. The number of rotatable bonds is 6. The van der Waals surface area contributed by atoms with Crippen molar-refractivity contribution in [1.29, 1.82) is 0 Å². The first-order valence-electron chi connectivity index (χ1n) is 10.7. The second-order valence-electron chi connectivity index (χ2n) is 7.84. The van der Waals surface area contributed by atoms with Gasteiger partial charge in [0.1, 0.15) is 0 Å². The first-order valence-corrected chi connectivity index (χ1v) is 13.4. The molecule has 180 valence electrons. The van der Waals surface area contributed by atoms with Crippen molar-refractivity contribution in [3.63, 3.8) is 0 Å². The molecule has 0 aliphatic heterocycles. The van der Waals surface area contributed by atoms with Crippen LogP contribution in [0.5, 0.6) is 23.0 Å². The van der Waals surface area contributed by atoms with Crippen LogP contribution < -0.4 is 18.9 Å². The number of hydrogen-bond acceptors (Lipinski definition) is 5. The van der Waals surface area contributed by atoms with Crippen LogP contribution in [0.15, 0.2) is 48.5 Å². The second-order valence-corrected chi connectivity index (χ2v) is 10.0. The molecular weight excluding hydrogens is 557 g/mol. The molecule has 0 N–H and O–H groups in total. The SMILES string of the molecule is COc1cc(C(=O)Oc2c3ccc(c2I(F)F)CCc2ccc(cc2)CC3)cc(OC)c1OC. The standard InChI is InChI=1S/C26H25F2IO5/c1-31-21-14-20(15-22(32-2)25(21)33-3)26(30)34-24-19-11-9-17-6-4-16(5-7-17)8-10-18(12-13-19)23(24)29(27)28/h4-7,12-15H,8-11H2,1-3H3. The van der Waals surface area contributed by atoms with E-state index >= 15 is 0 Å². The summed E-state index contributed by atoms with van der Waals surface area (Å²) in [6.07, 6.45) is 2.22. The summed E-state index contributed by atoms with van der Waals surface area (Å²) in [5.41, 5.74) is 3.45. The van der Waals surface area contributed by atoms with Gasteiger partial charge in [-0.05, 0) is 0 Å². The van der Waals surface area contributed by atoms with E-state index in [9.17, 15) is 10.5 Å². The van der Waals surface area contributed by atoms with Crippen LogP contribution in [0.2, 0.25) is 0 Å². The summed E-state index contributed by atoms with van der Waals surface area (Å²) >= 11 is -4.50. The molecule has 3 aromatic rings. The fraction of sp³-hybridized carbons (Fsp3) is 0.269. The average molecular weight is 582 g/mol. The number of carbonyl (C=O) groups excluding carboxylic acids is 1. The Bertz CT molecular complexity index is 1170. The topological polar surface area (TPSA) is 54.0 Å². The van der Waals surface area contributed by atoms with Gasteiger partial charge in [0.05, 0.1) is 0 Å². The summed E-state index contributed by atoms with van der Waals surface area (Å²) in [5, 5.41) is 0. The minimum absolute atomic E-state index is 0.00135. The van der Waals surface area contributed by atoms with Crippen molar-refractivity contribution in [2.75, 3.05) is 21.3 Å². The molecule has 34 heavy (non-hydrogen) atoms. The number of hydrogen-bond donors (Lipinski definition) is 0. The van der Waals surface area contributed by atoms with Gasteiger partial charge in [0, 0.05) is 0 Å². The van der Waals surface area contributed by atoms with Crippen molar-refractivity contribution in [1.82, 2.24) is 0 Å². The Morgan fingerprint density at radius 3 is 1.76 bits per heavy atom. The fourth-order valence-electron chi connectivity index (χ4n) is 4.07. The molecule has 0 saturated heterocycles. The molecule has 0 fully saturated rings. The Hall–Kier alpha value is -2.88. The van der Waals surface area contributed by atoms with Crippen LogP contribution in [0, 0.1) is 3.57 Å². The van der Waals surface area contributed by atoms with Gasteiger partial charge in [0.25, 0.3) is 0 Å². The molecule has 0 spiro atoms. The third-order valence-corrected chi connectivity index (χ3v) is 7.88. The Morgan fingerprint density at radius 1 is 0.735 bits per heavy atom. The van der Waals surface area contributed by atoms with Gasteiger partial charge in [0.15, 0.2) is 0 Å². The van der Waals surface area contributed by atoms with E-state index in [4.69, 9.17) is 18.9 Å². The van der Waals surface area contributed by atoms with Crippen LogP contribution in [0.3, 0.4) is 0 Å². The molecule has 0 unspecified atom stereocenters. The predicted octanol–water partition coefficient (Wildman–Crippen LogP) is 6.26. The molecule has 4 bridgehead atoms. The van der Waals surface area contributed by atoms with Crippen LogP contribution in [0.4, 0.5) is 5.72 Å².